The van der Waals surface area contributed by atoms with Gasteiger partial charge in [0.05, 0.1) is 0 Å². The van der Waals surface area contributed by atoms with E-state index in [1.165, 1.54) is 0 Å². The summed E-state index contributed by atoms with van der Waals surface area (Å²) < 4.78 is 0. The molecule has 0 aromatic rings. The molecule has 2 atom stereocenters. The van der Waals surface area contributed by atoms with Crippen molar-refractivity contribution in [2.75, 3.05) is 27.2 Å². The Morgan fingerprint density at radius 1 is 1.33 bits per heavy atom. The highest BCUT2D eigenvalue weighted by Crippen LogP contribution is 2.16. The molecular weight excluding hydrogens is 152 g/mol. The molecule has 12 heavy (non-hydrogen) atoms. The van der Waals surface area contributed by atoms with Crippen LogP contribution >= 0.6 is 0 Å². The Hall–Kier alpha value is -0.120. The minimum atomic E-state index is 0.178. The van der Waals surface area contributed by atoms with E-state index in [1.807, 2.05) is 14.1 Å². The SMILES string of the molecule is CC(C)[C@@H]([C@@H](CN)CO)N(C)C. The molecule has 0 aliphatic carbocycles. The fraction of sp³-hybridized carbons (Fsp3) is 1.00. The Kier molecular flexibility index (Phi) is 5.46. The van der Waals surface area contributed by atoms with Crippen LogP contribution < -0.4 is 5.73 Å². The van der Waals surface area contributed by atoms with Gasteiger partial charge in [-0.15, -0.1) is 0 Å². The summed E-state index contributed by atoms with van der Waals surface area (Å²) in [4.78, 5) is 2.14. The van der Waals surface area contributed by atoms with Crippen LogP contribution in [0, 0.1) is 11.8 Å². The van der Waals surface area contributed by atoms with Crippen LogP contribution in [-0.2, 0) is 0 Å². The molecular formula is C9H22N2O. The smallest absolute Gasteiger partial charge is 0.0486 e. The monoisotopic (exact) mass is 174 g/mol. The Morgan fingerprint density at radius 2 is 1.83 bits per heavy atom. The topological polar surface area (TPSA) is 49.5 Å². The molecule has 0 aromatic carbocycles. The second-order valence-electron chi connectivity index (χ2n) is 3.88. The van der Waals surface area contributed by atoms with E-state index in [-0.39, 0.29) is 12.5 Å². The predicted octanol–water partition coefficient (Wildman–Crippen LogP) is 0.140. The maximum atomic E-state index is 9.09. The highest BCUT2D eigenvalue weighted by Gasteiger charge is 2.24. The second-order valence-corrected chi connectivity index (χ2v) is 3.88. The predicted molar refractivity (Wildman–Crippen MR) is 51.9 cm³/mol. The Balaban J connectivity index is 4.26. The summed E-state index contributed by atoms with van der Waals surface area (Å²) >= 11 is 0. The molecule has 0 unspecified atom stereocenters. The molecule has 0 rings (SSSR count). The van der Waals surface area contributed by atoms with Gasteiger partial charge in [0.25, 0.3) is 0 Å². The number of hydrogen-bond donors (Lipinski definition) is 2. The Labute approximate surface area is 75.6 Å². The van der Waals surface area contributed by atoms with Crippen molar-refractivity contribution in [3.63, 3.8) is 0 Å². The summed E-state index contributed by atoms with van der Waals surface area (Å²) in [7, 11) is 4.06. The van der Waals surface area contributed by atoms with Crippen LogP contribution in [0.5, 0.6) is 0 Å². The highest BCUT2D eigenvalue weighted by molar-refractivity contribution is 4.79. The van der Waals surface area contributed by atoms with Gasteiger partial charge in [0.2, 0.25) is 0 Å². The maximum absolute atomic E-state index is 9.09. The van der Waals surface area contributed by atoms with Gasteiger partial charge < -0.3 is 15.7 Å². The van der Waals surface area contributed by atoms with Crippen LogP contribution in [0.15, 0.2) is 0 Å². The van der Waals surface area contributed by atoms with Crippen LogP contribution in [0.1, 0.15) is 13.8 Å². The third kappa shape index (κ3) is 3.09. The van der Waals surface area contributed by atoms with Crippen LogP contribution in [0.3, 0.4) is 0 Å². The minimum Gasteiger partial charge on any atom is -0.396 e. The number of hydrogen-bond acceptors (Lipinski definition) is 3. The molecule has 0 saturated carbocycles. The molecule has 0 heterocycles. The summed E-state index contributed by atoms with van der Waals surface area (Å²) in [5, 5.41) is 9.09. The number of nitrogens with two attached hydrogens (primary N) is 1. The Morgan fingerprint density at radius 3 is 1.92 bits per heavy atom. The minimum absolute atomic E-state index is 0.178. The van der Waals surface area contributed by atoms with Gasteiger partial charge in [-0.1, -0.05) is 13.8 Å². The van der Waals surface area contributed by atoms with E-state index < -0.39 is 0 Å². The van der Waals surface area contributed by atoms with Crippen LogP contribution in [0.4, 0.5) is 0 Å². The molecule has 3 heteroatoms. The first kappa shape index (κ1) is 11.9. The summed E-state index contributed by atoms with van der Waals surface area (Å²) in [6.07, 6.45) is 0. The Bertz CT molecular complexity index is 103. The van der Waals surface area contributed by atoms with E-state index in [1.54, 1.807) is 0 Å². The van der Waals surface area contributed by atoms with Crippen molar-refractivity contribution in [1.29, 1.82) is 0 Å². The zero-order valence-electron chi connectivity index (χ0n) is 8.62. The van der Waals surface area contributed by atoms with E-state index in [9.17, 15) is 0 Å². The second kappa shape index (κ2) is 5.51. The van der Waals surface area contributed by atoms with Crippen LogP contribution in [0.2, 0.25) is 0 Å². The van der Waals surface area contributed by atoms with E-state index in [2.05, 4.69) is 18.7 Å². The molecule has 3 N–H and O–H groups in total. The third-order valence-corrected chi connectivity index (χ3v) is 2.30. The van der Waals surface area contributed by atoms with E-state index in [0.717, 1.165) is 0 Å². The summed E-state index contributed by atoms with van der Waals surface area (Å²) in [5.41, 5.74) is 5.57. The lowest BCUT2D eigenvalue weighted by atomic mass is 9.90. The third-order valence-electron chi connectivity index (χ3n) is 2.30. The van der Waals surface area contributed by atoms with Gasteiger partial charge in [-0.3, -0.25) is 0 Å². The fourth-order valence-corrected chi connectivity index (χ4v) is 1.88. The normalized spacial score (nSPS) is 17.0. The molecule has 0 radical (unpaired) electrons. The largest absolute Gasteiger partial charge is 0.396 e. The van der Waals surface area contributed by atoms with Crippen molar-refractivity contribution >= 4 is 0 Å². The van der Waals surface area contributed by atoms with E-state index in [4.69, 9.17) is 10.8 Å². The first-order chi connectivity index (χ1) is 5.54. The van der Waals surface area contributed by atoms with Gasteiger partial charge in [0, 0.05) is 18.6 Å². The maximum Gasteiger partial charge on any atom is 0.0486 e. The van der Waals surface area contributed by atoms with Crippen molar-refractivity contribution in [3.8, 4) is 0 Å². The van der Waals surface area contributed by atoms with Gasteiger partial charge >= 0.3 is 0 Å². The molecule has 0 fully saturated rings. The highest BCUT2D eigenvalue weighted by atomic mass is 16.3. The summed E-state index contributed by atoms with van der Waals surface area (Å²) in [6, 6.07) is 0.375. The first-order valence-electron chi connectivity index (χ1n) is 4.51. The fourth-order valence-electron chi connectivity index (χ4n) is 1.88. The number of rotatable bonds is 5. The first-order valence-corrected chi connectivity index (χ1v) is 4.51. The summed E-state index contributed by atoms with van der Waals surface area (Å²) in [6.45, 7) is 5.04. The molecule has 0 aliphatic rings. The van der Waals surface area contributed by atoms with Gasteiger partial charge in [-0.25, -0.2) is 0 Å². The number of aliphatic hydroxyl groups is 1. The van der Waals surface area contributed by atoms with Gasteiger partial charge in [-0.05, 0) is 26.6 Å². The van der Waals surface area contributed by atoms with Crippen molar-refractivity contribution in [2.45, 2.75) is 19.9 Å². The summed E-state index contributed by atoms with van der Waals surface area (Å²) in [5.74, 6) is 0.723. The van der Waals surface area contributed by atoms with Gasteiger partial charge in [0.1, 0.15) is 0 Å². The lowest BCUT2D eigenvalue weighted by molar-refractivity contribution is 0.107. The average molecular weight is 174 g/mol. The van der Waals surface area contributed by atoms with Gasteiger partial charge in [0.15, 0.2) is 0 Å². The lowest BCUT2D eigenvalue weighted by Gasteiger charge is -2.33. The quantitative estimate of drug-likeness (QED) is 0.623. The van der Waals surface area contributed by atoms with Crippen molar-refractivity contribution in [3.05, 3.63) is 0 Å². The average Bonchev–Trinajstić information content (AvgIpc) is 1.98. The lowest BCUT2D eigenvalue weighted by Crippen LogP contribution is -2.44. The molecule has 0 bridgehead atoms. The molecule has 0 aromatic heterocycles. The number of aliphatic hydroxyl groups excluding tert-OH is 1. The molecule has 0 amide bonds. The molecule has 3 nitrogen and oxygen atoms in total. The molecule has 0 spiro atoms. The van der Waals surface area contributed by atoms with Crippen LogP contribution in [-0.4, -0.2) is 43.3 Å². The van der Waals surface area contributed by atoms with Crippen molar-refractivity contribution < 1.29 is 5.11 Å². The van der Waals surface area contributed by atoms with Gasteiger partial charge in [-0.2, -0.15) is 0 Å². The van der Waals surface area contributed by atoms with Crippen LogP contribution in [0.25, 0.3) is 0 Å². The molecule has 74 valence electrons. The zero-order valence-corrected chi connectivity index (χ0v) is 8.62. The van der Waals surface area contributed by atoms with Crippen molar-refractivity contribution in [1.82, 2.24) is 4.90 Å². The zero-order chi connectivity index (χ0) is 9.72. The number of nitrogens with zero attached hydrogens (tertiary/aromatic N) is 1. The van der Waals surface area contributed by atoms with E-state index >= 15 is 0 Å². The molecule has 0 saturated heterocycles. The standard InChI is InChI=1S/C9H22N2O/c1-7(2)9(11(3)4)8(5-10)6-12/h7-9,12H,5-6,10H2,1-4H3/t8-,9-/m0/s1. The van der Waals surface area contributed by atoms with E-state index in [0.29, 0.717) is 18.5 Å². The van der Waals surface area contributed by atoms with Crippen molar-refractivity contribution in [2.24, 2.45) is 17.6 Å². The molecule has 0 aliphatic heterocycles.